The number of hydrogen-bond donors (Lipinski definition) is 2. The van der Waals surface area contributed by atoms with E-state index in [1.165, 1.54) is 6.42 Å². The molecule has 3 rings (SSSR count). The van der Waals surface area contributed by atoms with Gasteiger partial charge in [0.15, 0.2) is 0 Å². The summed E-state index contributed by atoms with van der Waals surface area (Å²) in [6.07, 6.45) is 3.98. The Hall–Kier alpha value is -3.39. The highest BCUT2D eigenvalue weighted by Gasteiger charge is 2.22. The van der Waals surface area contributed by atoms with Gasteiger partial charge < -0.3 is 25.2 Å². The number of rotatable bonds is 10. The number of amides is 1. The molecule has 1 aliphatic rings. The summed E-state index contributed by atoms with van der Waals surface area (Å²) in [5, 5.41) is 8.72. The molecule has 2 aromatic carbocycles. The van der Waals surface area contributed by atoms with Gasteiger partial charge in [-0.2, -0.15) is 4.99 Å². The highest BCUT2D eigenvalue weighted by Crippen LogP contribution is 2.29. The maximum absolute atomic E-state index is 12.9. The van der Waals surface area contributed by atoms with Crippen molar-refractivity contribution >= 4 is 23.4 Å². The number of carboxylic acid groups (broad SMARTS) is 1. The topological polar surface area (TPSA) is 114 Å². The third kappa shape index (κ3) is 6.81. The van der Waals surface area contributed by atoms with Crippen LogP contribution in [-0.4, -0.2) is 49.1 Å². The first-order valence-corrected chi connectivity index (χ1v) is 11.6. The van der Waals surface area contributed by atoms with Crippen LogP contribution >= 0.6 is 0 Å². The smallest absolute Gasteiger partial charge is 0.303 e. The van der Waals surface area contributed by atoms with E-state index in [1.54, 1.807) is 37.4 Å². The van der Waals surface area contributed by atoms with E-state index in [-0.39, 0.29) is 18.9 Å². The van der Waals surface area contributed by atoms with Crippen LogP contribution < -0.4 is 15.4 Å². The van der Waals surface area contributed by atoms with E-state index in [4.69, 9.17) is 20.3 Å². The number of nitrogens with zero attached hydrogens (tertiary/aromatic N) is 2. The lowest BCUT2D eigenvalue weighted by Crippen LogP contribution is -2.38. The molecule has 2 aromatic rings. The molecule has 0 radical (unpaired) electrons. The summed E-state index contributed by atoms with van der Waals surface area (Å²) in [6.45, 7) is 3.89. The van der Waals surface area contributed by atoms with Crippen LogP contribution in [0.4, 0.5) is 5.69 Å². The first-order chi connectivity index (χ1) is 16.4. The minimum Gasteiger partial charge on any atom is -0.494 e. The third-order valence-corrected chi connectivity index (χ3v) is 5.89. The molecule has 1 atom stereocenters. The van der Waals surface area contributed by atoms with Crippen LogP contribution in [0.2, 0.25) is 0 Å². The quantitative estimate of drug-likeness (QED) is 0.308. The molecule has 0 bridgehead atoms. The summed E-state index contributed by atoms with van der Waals surface area (Å²) in [5.41, 5.74) is 9.17. The number of aliphatic imine (C=N–C) groups is 1. The van der Waals surface area contributed by atoms with Crippen LogP contribution in [0.25, 0.3) is 0 Å². The van der Waals surface area contributed by atoms with Crippen molar-refractivity contribution in [3.05, 3.63) is 59.2 Å². The Bertz CT molecular complexity index is 1040. The van der Waals surface area contributed by atoms with Gasteiger partial charge in [-0.1, -0.05) is 12.1 Å². The maximum atomic E-state index is 12.9. The van der Waals surface area contributed by atoms with Crippen LogP contribution in [-0.2, 0) is 16.1 Å². The number of nitrogens with two attached hydrogens (primary N) is 1. The molecule has 8 heteroatoms. The van der Waals surface area contributed by atoms with Crippen molar-refractivity contribution in [1.82, 2.24) is 0 Å². The van der Waals surface area contributed by atoms with Crippen molar-refractivity contribution in [2.75, 3.05) is 25.2 Å². The Labute approximate surface area is 200 Å². The second kappa shape index (κ2) is 12.2. The standard InChI is InChI=1S/C26H33N3O5/c1-18-7-3-4-13-29(18)23-12-11-20(15-21(23)17-33-2)26(32)28-25(27)19-8-5-9-22(16-19)34-14-6-10-24(30)31/h5,8-9,11-12,15-16,18H,3-4,6-7,10,13-14,17H2,1-2H3,(H,30,31)(H2,27,28,32). The van der Waals surface area contributed by atoms with E-state index >= 15 is 0 Å². The number of carbonyl (C=O) groups excluding carboxylic acids is 1. The van der Waals surface area contributed by atoms with Gasteiger partial charge in [0.25, 0.3) is 5.91 Å². The van der Waals surface area contributed by atoms with Gasteiger partial charge in [-0.3, -0.25) is 9.59 Å². The molecule has 3 N–H and O–H groups in total. The Morgan fingerprint density at radius 2 is 2.00 bits per heavy atom. The first-order valence-electron chi connectivity index (χ1n) is 11.6. The molecule has 0 saturated carbocycles. The molecule has 1 saturated heterocycles. The highest BCUT2D eigenvalue weighted by atomic mass is 16.5. The number of hydrogen-bond acceptors (Lipinski definition) is 5. The molecule has 0 aliphatic carbocycles. The lowest BCUT2D eigenvalue weighted by Gasteiger charge is -2.36. The molecule has 1 amide bonds. The monoisotopic (exact) mass is 467 g/mol. The lowest BCUT2D eigenvalue weighted by molar-refractivity contribution is -0.137. The van der Waals surface area contributed by atoms with E-state index in [0.29, 0.717) is 35.9 Å². The first kappa shape index (κ1) is 25.2. The normalized spacial score (nSPS) is 16.4. The van der Waals surface area contributed by atoms with Gasteiger partial charge in [-0.25, -0.2) is 0 Å². The summed E-state index contributed by atoms with van der Waals surface area (Å²) in [7, 11) is 1.64. The Kier molecular flexibility index (Phi) is 9.04. The van der Waals surface area contributed by atoms with Crippen molar-refractivity contribution in [2.45, 2.75) is 51.7 Å². The zero-order valence-electron chi connectivity index (χ0n) is 19.8. The molecule has 1 heterocycles. The van der Waals surface area contributed by atoms with Gasteiger partial charge in [0.05, 0.1) is 13.2 Å². The fourth-order valence-electron chi connectivity index (χ4n) is 4.12. The second-order valence-corrected chi connectivity index (χ2v) is 8.49. The molecule has 1 unspecified atom stereocenters. The molecular weight excluding hydrogens is 434 g/mol. The van der Waals surface area contributed by atoms with Crippen LogP contribution in [0.3, 0.4) is 0 Å². The summed E-state index contributed by atoms with van der Waals surface area (Å²) < 4.78 is 11.0. The van der Waals surface area contributed by atoms with Gasteiger partial charge >= 0.3 is 5.97 Å². The van der Waals surface area contributed by atoms with Crippen LogP contribution in [0, 0.1) is 0 Å². The van der Waals surface area contributed by atoms with E-state index in [0.717, 1.165) is 30.6 Å². The van der Waals surface area contributed by atoms with Crippen molar-refractivity contribution in [3.8, 4) is 5.75 Å². The fourth-order valence-corrected chi connectivity index (χ4v) is 4.12. The van der Waals surface area contributed by atoms with E-state index in [1.807, 2.05) is 12.1 Å². The summed E-state index contributed by atoms with van der Waals surface area (Å²) in [5.74, 6) is -0.667. The van der Waals surface area contributed by atoms with Gasteiger partial charge in [-0.05, 0) is 62.9 Å². The Balaban J connectivity index is 1.74. The summed E-state index contributed by atoms with van der Waals surface area (Å²) >= 11 is 0. The summed E-state index contributed by atoms with van der Waals surface area (Å²) in [6, 6.07) is 13.0. The number of methoxy groups -OCH3 is 1. The number of amidine groups is 1. The number of ether oxygens (including phenoxy) is 2. The molecule has 0 aromatic heterocycles. The minimum atomic E-state index is -0.862. The maximum Gasteiger partial charge on any atom is 0.303 e. The average molecular weight is 468 g/mol. The summed E-state index contributed by atoms with van der Waals surface area (Å²) in [4.78, 5) is 30.0. The predicted molar refractivity (Wildman–Crippen MR) is 132 cm³/mol. The van der Waals surface area contributed by atoms with E-state index in [9.17, 15) is 9.59 Å². The SMILES string of the molecule is COCc1cc(C(=O)N=C(N)c2cccc(OCCCC(=O)O)c2)ccc1N1CCCCC1C. The van der Waals surface area contributed by atoms with Crippen molar-refractivity contribution < 1.29 is 24.2 Å². The number of carboxylic acids is 1. The van der Waals surface area contributed by atoms with Gasteiger partial charge in [-0.15, -0.1) is 0 Å². The van der Waals surface area contributed by atoms with Gasteiger partial charge in [0, 0.05) is 48.5 Å². The zero-order valence-corrected chi connectivity index (χ0v) is 19.8. The number of benzene rings is 2. The van der Waals surface area contributed by atoms with E-state index < -0.39 is 11.9 Å². The number of aliphatic carboxylic acids is 1. The molecular formula is C26H33N3O5. The molecule has 34 heavy (non-hydrogen) atoms. The van der Waals surface area contributed by atoms with Gasteiger partial charge in [0.2, 0.25) is 0 Å². The fraction of sp³-hybridized carbons (Fsp3) is 0.423. The molecule has 1 aliphatic heterocycles. The number of piperidine rings is 1. The van der Waals surface area contributed by atoms with Crippen LogP contribution in [0.15, 0.2) is 47.5 Å². The molecule has 8 nitrogen and oxygen atoms in total. The zero-order chi connectivity index (χ0) is 24.5. The molecule has 182 valence electrons. The van der Waals surface area contributed by atoms with Crippen LogP contribution in [0.5, 0.6) is 5.75 Å². The third-order valence-electron chi connectivity index (χ3n) is 5.89. The van der Waals surface area contributed by atoms with Crippen molar-refractivity contribution in [1.29, 1.82) is 0 Å². The van der Waals surface area contributed by atoms with Gasteiger partial charge in [0.1, 0.15) is 11.6 Å². The minimum absolute atomic E-state index is 0.0400. The molecule has 1 fully saturated rings. The Morgan fingerprint density at radius 1 is 1.18 bits per heavy atom. The Morgan fingerprint density at radius 3 is 2.74 bits per heavy atom. The van der Waals surface area contributed by atoms with Crippen molar-refractivity contribution in [3.63, 3.8) is 0 Å². The molecule has 0 spiro atoms. The number of carbonyl (C=O) groups is 2. The largest absolute Gasteiger partial charge is 0.494 e. The average Bonchev–Trinajstić information content (AvgIpc) is 2.82. The van der Waals surface area contributed by atoms with Crippen LogP contribution in [0.1, 0.15) is 60.5 Å². The lowest BCUT2D eigenvalue weighted by atomic mass is 10.00. The van der Waals surface area contributed by atoms with E-state index in [2.05, 4.69) is 16.8 Å². The predicted octanol–water partition coefficient (Wildman–Crippen LogP) is 4.00. The van der Waals surface area contributed by atoms with Crippen molar-refractivity contribution in [2.24, 2.45) is 10.7 Å². The number of anilines is 1. The highest BCUT2D eigenvalue weighted by molar-refractivity contribution is 6.09. The second-order valence-electron chi connectivity index (χ2n) is 8.49.